The molecule has 0 aliphatic heterocycles. The summed E-state index contributed by atoms with van der Waals surface area (Å²) in [5, 5.41) is 11.2. The molecule has 3 aromatic rings. The number of rotatable bonds is 6. The van der Waals surface area contributed by atoms with Crippen molar-refractivity contribution >= 4 is 10.9 Å². The SMILES string of the molecule is CCCc1ccc2c(C(CC)(CC)c3ccc(O)c(C)c3)c[nH]c2c1. The summed E-state index contributed by atoms with van der Waals surface area (Å²) < 4.78 is 0. The van der Waals surface area contributed by atoms with Crippen LogP contribution in [0.1, 0.15) is 62.3 Å². The molecule has 2 nitrogen and oxygen atoms in total. The first kappa shape index (κ1) is 17.6. The lowest BCUT2D eigenvalue weighted by Gasteiger charge is -2.33. The molecule has 2 heteroatoms. The molecule has 132 valence electrons. The molecule has 0 spiro atoms. The third-order valence-electron chi connectivity index (χ3n) is 5.76. The maximum atomic E-state index is 9.93. The van der Waals surface area contributed by atoms with Crippen molar-refractivity contribution in [2.24, 2.45) is 0 Å². The van der Waals surface area contributed by atoms with Crippen LogP contribution in [0.15, 0.2) is 42.6 Å². The Morgan fingerprint density at radius 2 is 1.76 bits per heavy atom. The quantitative estimate of drug-likeness (QED) is 0.549. The van der Waals surface area contributed by atoms with Gasteiger partial charge in [-0.2, -0.15) is 0 Å². The van der Waals surface area contributed by atoms with Crippen molar-refractivity contribution in [3.63, 3.8) is 0 Å². The predicted octanol–water partition coefficient (Wildman–Crippen LogP) is 6.24. The average Bonchev–Trinajstić information content (AvgIpc) is 3.04. The van der Waals surface area contributed by atoms with E-state index in [-0.39, 0.29) is 5.41 Å². The molecule has 0 fully saturated rings. The number of fused-ring (bicyclic) bond motifs is 1. The van der Waals surface area contributed by atoms with Gasteiger partial charge >= 0.3 is 0 Å². The lowest BCUT2D eigenvalue weighted by molar-refractivity contribution is 0.463. The Hall–Kier alpha value is -2.22. The largest absolute Gasteiger partial charge is 0.508 e. The molecule has 1 aromatic heterocycles. The normalized spacial score (nSPS) is 12.0. The van der Waals surface area contributed by atoms with Crippen LogP contribution in [-0.2, 0) is 11.8 Å². The van der Waals surface area contributed by atoms with Gasteiger partial charge in [-0.1, -0.05) is 51.5 Å². The zero-order valence-corrected chi connectivity index (χ0v) is 15.8. The number of aromatic amines is 1. The van der Waals surface area contributed by atoms with E-state index in [1.54, 1.807) is 0 Å². The first-order valence-electron chi connectivity index (χ1n) is 9.46. The van der Waals surface area contributed by atoms with Gasteiger partial charge in [-0.3, -0.25) is 0 Å². The molecule has 0 unspecified atom stereocenters. The van der Waals surface area contributed by atoms with Crippen LogP contribution in [0, 0.1) is 6.92 Å². The molecule has 3 rings (SSSR count). The van der Waals surface area contributed by atoms with E-state index in [0.29, 0.717) is 5.75 Å². The summed E-state index contributed by atoms with van der Waals surface area (Å²) in [6, 6.07) is 12.9. The van der Waals surface area contributed by atoms with Gasteiger partial charge in [-0.15, -0.1) is 0 Å². The van der Waals surface area contributed by atoms with Crippen LogP contribution in [0.3, 0.4) is 0 Å². The van der Waals surface area contributed by atoms with Gasteiger partial charge in [0.05, 0.1) is 0 Å². The van der Waals surface area contributed by atoms with E-state index in [1.165, 1.54) is 34.0 Å². The Balaban J connectivity index is 2.17. The van der Waals surface area contributed by atoms with Crippen LogP contribution in [0.25, 0.3) is 10.9 Å². The van der Waals surface area contributed by atoms with Crippen LogP contribution < -0.4 is 0 Å². The van der Waals surface area contributed by atoms with Crippen molar-refractivity contribution in [2.45, 2.75) is 58.8 Å². The van der Waals surface area contributed by atoms with Crippen molar-refractivity contribution in [1.82, 2.24) is 4.98 Å². The number of H-pyrrole nitrogens is 1. The number of phenols is 1. The number of hydrogen-bond acceptors (Lipinski definition) is 1. The van der Waals surface area contributed by atoms with Gasteiger partial charge in [0, 0.05) is 22.5 Å². The number of benzene rings is 2. The summed E-state index contributed by atoms with van der Waals surface area (Å²) >= 11 is 0. The van der Waals surface area contributed by atoms with E-state index >= 15 is 0 Å². The molecule has 1 heterocycles. The van der Waals surface area contributed by atoms with Crippen molar-refractivity contribution < 1.29 is 5.11 Å². The first-order chi connectivity index (χ1) is 12.1. The lowest BCUT2D eigenvalue weighted by atomic mass is 9.70. The molecule has 0 atom stereocenters. The molecule has 25 heavy (non-hydrogen) atoms. The zero-order valence-electron chi connectivity index (χ0n) is 15.8. The highest BCUT2D eigenvalue weighted by atomic mass is 16.3. The van der Waals surface area contributed by atoms with Gasteiger partial charge in [-0.25, -0.2) is 0 Å². The number of aromatic nitrogens is 1. The second-order valence-electron chi connectivity index (χ2n) is 7.12. The van der Waals surface area contributed by atoms with Gasteiger partial charge in [0.15, 0.2) is 0 Å². The molecule has 0 amide bonds. The lowest BCUT2D eigenvalue weighted by Crippen LogP contribution is -2.25. The second-order valence-corrected chi connectivity index (χ2v) is 7.12. The maximum absolute atomic E-state index is 9.93. The van der Waals surface area contributed by atoms with Crippen molar-refractivity contribution in [3.05, 3.63) is 64.8 Å². The zero-order chi connectivity index (χ0) is 18.0. The third kappa shape index (κ3) is 2.95. The van der Waals surface area contributed by atoms with Gasteiger partial charge in [-0.05, 0) is 60.6 Å². The maximum Gasteiger partial charge on any atom is 0.118 e. The van der Waals surface area contributed by atoms with Crippen LogP contribution >= 0.6 is 0 Å². The molecule has 0 bridgehead atoms. The average molecular weight is 335 g/mol. The van der Waals surface area contributed by atoms with Crippen LogP contribution in [-0.4, -0.2) is 10.1 Å². The molecule has 2 N–H and O–H groups in total. The van der Waals surface area contributed by atoms with E-state index < -0.39 is 0 Å². The Bertz CT molecular complexity index is 871. The van der Waals surface area contributed by atoms with Crippen LogP contribution in [0.4, 0.5) is 0 Å². The highest BCUT2D eigenvalue weighted by Gasteiger charge is 2.33. The summed E-state index contributed by atoms with van der Waals surface area (Å²) in [6.07, 6.45) is 6.53. The van der Waals surface area contributed by atoms with E-state index in [9.17, 15) is 5.11 Å². The molecular formula is C23H29NO. The number of hydrogen-bond donors (Lipinski definition) is 2. The standard InChI is InChI=1S/C23H29NO/c1-5-8-17-9-11-19-20(15-24-21(19)14-17)23(6-2,7-3)18-10-12-22(25)16(4)13-18/h9-15,24-25H,5-8H2,1-4H3. The van der Waals surface area contributed by atoms with Crippen molar-refractivity contribution in [2.75, 3.05) is 0 Å². The monoisotopic (exact) mass is 335 g/mol. The summed E-state index contributed by atoms with van der Waals surface area (Å²) in [5.74, 6) is 0.369. The highest BCUT2D eigenvalue weighted by molar-refractivity contribution is 5.85. The van der Waals surface area contributed by atoms with E-state index in [0.717, 1.165) is 24.8 Å². The minimum atomic E-state index is -0.0387. The number of aromatic hydroxyl groups is 1. The molecule has 0 saturated heterocycles. The summed E-state index contributed by atoms with van der Waals surface area (Å²) in [4.78, 5) is 3.51. The molecular weight excluding hydrogens is 306 g/mol. The van der Waals surface area contributed by atoms with Gasteiger partial charge in [0.2, 0.25) is 0 Å². The summed E-state index contributed by atoms with van der Waals surface area (Å²) in [6.45, 7) is 8.71. The van der Waals surface area contributed by atoms with E-state index in [1.807, 2.05) is 13.0 Å². The van der Waals surface area contributed by atoms with Crippen molar-refractivity contribution in [3.8, 4) is 5.75 Å². The van der Waals surface area contributed by atoms with Crippen LogP contribution in [0.5, 0.6) is 5.75 Å². The fourth-order valence-electron chi connectivity index (χ4n) is 4.16. The number of nitrogens with one attached hydrogen (secondary N) is 1. The van der Waals surface area contributed by atoms with Crippen LogP contribution in [0.2, 0.25) is 0 Å². The fourth-order valence-corrected chi connectivity index (χ4v) is 4.16. The fraction of sp³-hybridized carbons (Fsp3) is 0.391. The minimum Gasteiger partial charge on any atom is -0.508 e. The topological polar surface area (TPSA) is 36.0 Å². The van der Waals surface area contributed by atoms with E-state index in [2.05, 4.69) is 62.3 Å². The molecule has 0 aliphatic carbocycles. The Morgan fingerprint density at radius 3 is 2.40 bits per heavy atom. The summed E-state index contributed by atoms with van der Waals surface area (Å²) in [5.41, 5.74) is 6.16. The number of aryl methyl sites for hydroxylation is 2. The van der Waals surface area contributed by atoms with Gasteiger partial charge in [0.1, 0.15) is 5.75 Å². The molecule has 0 aliphatic rings. The number of phenolic OH excluding ortho intramolecular Hbond substituents is 1. The second kappa shape index (κ2) is 6.95. The predicted molar refractivity (Wildman–Crippen MR) is 106 cm³/mol. The smallest absolute Gasteiger partial charge is 0.118 e. The Labute approximate surface area is 150 Å². The Kier molecular flexibility index (Phi) is 4.89. The first-order valence-corrected chi connectivity index (χ1v) is 9.46. The molecule has 0 saturated carbocycles. The molecule has 0 radical (unpaired) electrons. The van der Waals surface area contributed by atoms with Crippen molar-refractivity contribution in [1.29, 1.82) is 0 Å². The minimum absolute atomic E-state index is 0.0387. The van der Waals surface area contributed by atoms with Gasteiger partial charge in [0.25, 0.3) is 0 Å². The van der Waals surface area contributed by atoms with E-state index in [4.69, 9.17) is 0 Å². The molecule has 2 aromatic carbocycles. The van der Waals surface area contributed by atoms with Gasteiger partial charge < -0.3 is 10.1 Å². The Morgan fingerprint density at radius 1 is 1.00 bits per heavy atom. The third-order valence-corrected chi connectivity index (χ3v) is 5.76. The summed E-state index contributed by atoms with van der Waals surface area (Å²) in [7, 11) is 0. The highest BCUT2D eigenvalue weighted by Crippen LogP contribution is 2.43.